The van der Waals surface area contributed by atoms with Gasteiger partial charge in [-0.2, -0.15) is 5.10 Å². The number of hydrogen-bond acceptors (Lipinski definition) is 4. The fourth-order valence-corrected chi connectivity index (χ4v) is 1.75. The number of benzene rings is 2. The molecular weight excluding hydrogens is 272 g/mol. The van der Waals surface area contributed by atoms with Gasteiger partial charge in [0.05, 0.1) is 13.3 Å². The summed E-state index contributed by atoms with van der Waals surface area (Å²) in [5.74, 6) is 0.947. The van der Waals surface area contributed by atoms with Gasteiger partial charge in [-0.3, -0.25) is 5.43 Å². The van der Waals surface area contributed by atoms with Gasteiger partial charge >= 0.3 is 0 Å². The van der Waals surface area contributed by atoms with E-state index >= 15 is 0 Å². The maximum Gasteiger partial charge on any atom is 0.126 e. The zero-order valence-electron chi connectivity index (χ0n) is 10.9. The summed E-state index contributed by atoms with van der Waals surface area (Å²) < 4.78 is 5.08. The molecule has 0 spiro atoms. The van der Waals surface area contributed by atoms with Crippen LogP contribution in [0.4, 0.5) is 0 Å². The van der Waals surface area contributed by atoms with Crippen LogP contribution in [0.15, 0.2) is 53.6 Å². The van der Waals surface area contributed by atoms with E-state index in [1.54, 1.807) is 25.3 Å². The lowest BCUT2D eigenvalue weighted by Crippen LogP contribution is -2.16. The molecule has 0 unspecified atom stereocenters. The van der Waals surface area contributed by atoms with E-state index in [0.717, 1.165) is 11.3 Å². The average molecular weight is 286 g/mol. The molecule has 0 fully saturated rings. The van der Waals surface area contributed by atoms with Crippen LogP contribution in [0.1, 0.15) is 11.1 Å². The Bertz CT molecular complexity index is 624. The minimum absolute atomic E-state index is 0.174. The van der Waals surface area contributed by atoms with Gasteiger partial charge in [-0.25, -0.2) is 0 Å². The molecule has 102 valence electrons. The second-order valence-electron chi connectivity index (χ2n) is 3.99. The molecule has 0 heterocycles. The fraction of sp³-hybridized carbons (Fsp3) is 0.0667. The number of nitrogens with one attached hydrogen (secondary N) is 1. The molecule has 2 rings (SSSR count). The van der Waals surface area contributed by atoms with Gasteiger partial charge in [0.15, 0.2) is 0 Å². The summed E-state index contributed by atoms with van der Waals surface area (Å²) in [6.45, 7) is 0. The highest BCUT2D eigenvalue weighted by Gasteiger charge is 2.00. The van der Waals surface area contributed by atoms with Crippen molar-refractivity contribution in [2.45, 2.75) is 0 Å². The largest absolute Gasteiger partial charge is 0.507 e. The molecule has 0 aromatic heterocycles. The highest BCUT2D eigenvalue weighted by molar-refractivity contribution is 7.80. The molecule has 0 aliphatic rings. The molecule has 0 atom stereocenters. The molecule has 4 nitrogen and oxygen atoms in total. The first-order valence-electron chi connectivity index (χ1n) is 5.96. The zero-order chi connectivity index (χ0) is 14.4. The summed E-state index contributed by atoms with van der Waals surface area (Å²) in [5.41, 5.74) is 4.23. The van der Waals surface area contributed by atoms with Crippen molar-refractivity contribution in [3.63, 3.8) is 0 Å². The van der Waals surface area contributed by atoms with Gasteiger partial charge in [-0.1, -0.05) is 24.4 Å². The first-order chi connectivity index (χ1) is 9.70. The van der Waals surface area contributed by atoms with Gasteiger partial charge < -0.3 is 9.84 Å². The van der Waals surface area contributed by atoms with Crippen molar-refractivity contribution in [2.75, 3.05) is 7.11 Å². The molecule has 0 saturated heterocycles. The SMILES string of the molecule is COc1ccc(C(=S)N/N=C/c2ccccc2O)cc1. The molecule has 0 bridgehead atoms. The van der Waals surface area contributed by atoms with Gasteiger partial charge in [0.25, 0.3) is 0 Å². The van der Waals surface area contributed by atoms with E-state index < -0.39 is 0 Å². The average Bonchev–Trinajstić information content (AvgIpc) is 2.49. The number of hydrogen-bond donors (Lipinski definition) is 2. The highest BCUT2D eigenvalue weighted by atomic mass is 32.1. The van der Waals surface area contributed by atoms with Crippen molar-refractivity contribution in [1.82, 2.24) is 5.43 Å². The van der Waals surface area contributed by atoms with Crippen LogP contribution in [0.2, 0.25) is 0 Å². The number of thiocarbonyl (C=S) groups is 1. The van der Waals surface area contributed by atoms with Crippen molar-refractivity contribution in [3.05, 3.63) is 59.7 Å². The van der Waals surface area contributed by atoms with Gasteiger partial charge in [0.1, 0.15) is 16.5 Å². The first-order valence-corrected chi connectivity index (χ1v) is 6.37. The number of hydrazone groups is 1. The second kappa shape index (κ2) is 6.68. The normalized spacial score (nSPS) is 10.4. The number of para-hydroxylation sites is 1. The molecular formula is C15H14N2O2S. The van der Waals surface area contributed by atoms with Crippen LogP contribution >= 0.6 is 12.2 Å². The van der Waals surface area contributed by atoms with Crippen LogP contribution in [-0.2, 0) is 0 Å². The number of rotatable bonds is 4. The van der Waals surface area contributed by atoms with Gasteiger partial charge in [-0.15, -0.1) is 0 Å². The lowest BCUT2D eigenvalue weighted by atomic mass is 10.2. The van der Waals surface area contributed by atoms with E-state index in [1.807, 2.05) is 30.3 Å². The van der Waals surface area contributed by atoms with Crippen LogP contribution in [0, 0.1) is 0 Å². The Hall–Kier alpha value is -2.40. The summed E-state index contributed by atoms with van der Waals surface area (Å²) >= 11 is 5.22. The standard InChI is InChI=1S/C15H14N2O2S/c1-19-13-8-6-11(7-9-13)15(20)17-16-10-12-4-2-3-5-14(12)18/h2-10,18H,1H3,(H,17,20)/b16-10+. The third kappa shape index (κ3) is 3.55. The van der Waals surface area contributed by atoms with Crippen molar-refractivity contribution >= 4 is 23.4 Å². The van der Waals surface area contributed by atoms with E-state index in [-0.39, 0.29) is 5.75 Å². The fourth-order valence-electron chi connectivity index (χ4n) is 1.56. The zero-order valence-corrected chi connectivity index (χ0v) is 11.7. The molecule has 2 aromatic rings. The number of phenolic OH excluding ortho intramolecular Hbond substituents is 1. The van der Waals surface area contributed by atoms with E-state index in [0.29, 0.717) is 10.6 Å². The number of aromatic hydroxyl groups is 1. The Kier molecular flexibility index (Phi) is 4.68. The molecule has 0 aliphatic heterocycles. The van der Waals surface area contributed by atoms with Crippen molar-refractivity contribution in [3.8, 4) is 11.5 Å². The predicted octanol–water partition coefficient (Wildman–Crippen LogP) is 2.70. The number of nitrogens with zero attached hydrogens (tertiary/aromatic N) is 1. The minimum Gasteiger partial charge on any atom is -0.507 e. The van der Waals surface area contributed by atoms with Gasteiger partial charge in [0.2, 0.25) is 0 Å². The van der Waals surface area contributed by atoms with Crippen molar-refractivity contribution in [1.29, 1.82) is 0 Å². The molecule has 20 heavy (non-hydrogen) atoms. The second-order valence-corrected chi connectivity index (χ2v) is 4.39. The summed E-state index contributed by atoms with van der Waals surface area (Å²) in [6, 6.07) is 14.3. The summed E-state index contributed by atoms with van der Waals surface area (Å²) in [5, 5.41) is 13.6. The van der Waals surface area contributed by atoms with E-state index in [4.69, 9.17) is 17.0 Å². The van der Waals surface area contributed by atoms with E-state index in [1.165, 1.54) is 6.21 Å². The Morgan fingerprint density at radius 1 is 1.20 bits per heavy atom. The highest BCUT2D eigenvalue weighted by Crippen LogP contribution is 2.13. The van der Waals surface area contributed by atoms with Crippen molar-refractivity contribution in [2.24, 2.45) is 5.10 Å². The summed E-state index contributed by atoms with van der Waals surface area (Å²) in [6.07, 6.45) is 1.52. The Labute approximate surface area is 122 Å². The van der Waals surface area contributed by atoms with Crippen molar-refractivity contribution < 1.29 is 9.84 Å². The summed E-state index contributed by atoms with van der Waals surface area (Å²) in [4.78, 5) is 0.499. The number of ether oxygens (including phenoxy) is 1. The molecule has 0 radical (unpaired) electrons. The molecule has 2 N–H and O–H groups in total. The van der Waals surface area contributed by atoms with Gasteiger partial charge in [0, 0.05) is 11.1 Å². The lowest BCUT2D eigenvalue weighted by molar-refractivity contribution is 0.415. The minimum atomic E-state index is 0.174. The van der Waals surface area contributed by atoms with Crippen LogP contribution in [-0.4, -0.2) is 23.4 Å². The number of methoxy groups -OCH3 is 1. The molecule has 0 aliphatic carbocycles. The third-order valence-corrected chi connectivity index (χ3v) is 2.99. The predicted molar refractivity (Wildman–Crippen MR) is 83.5 cm³/mol. The van der Waals surface area contributed by atoms with Crippen LogP contribution in [0.3, 0.4) is 0 Å². The molecule has 2 aromatic carbocycles. The monoisotopic (exact) mass is 286 g/mol. The molecule has 5 heteroatoms. The van der Waals surface area contributed by atoms with Gasteiger partial charge in [-0.05, 0) is 36.4 Å². The maximum absolute atomic E-state index is 9.58. The lowest BCUT2D eigenvalue weighted by Gasteiger charge is -2.04. The Balaban J connectivity index is 1.99. The van der Waals surface area contributed by atoms with Crippen LogP contribution < -0.4 is 10.2 Å². The number of phenols is 1. The smallest absolute Gasteiger partial charge is 0.126 e. The Morgan fingerprint density at radius 2 is 1.90 bits per heavy atom. The van der Waals surface area contributed by atoms with E-state index in [9.17, 15) is 5.11 Å². The topological polar surface area (TPSA) is 53.8 Å². The molecule has 0 amide bonds. The quantitative estimate of drug-likeness (QED) is 0.515. The van der Waals surface area contributed by atoms with Crippen LogP contribution in [0.25, 0.3) is 0 Å². The maximum atomic E-state index is 9.58. The van der Waals surface area contributed by atoms with E-state index in [2.05, 4.69) is 10.5 Å². The van der Waals surface area contributed by atoms with Crippen LogP contribution in [0.5, 0.6) is 11.5 Å². The molecule has 0 saturated carbocycles. The first kappa shape index (κ1) is 14.0. The third-order valence-electron chi connectivity index (χ3n) is 2.66. The Morgan fingerprint density at radius 3 is 2.55 bits per heavy atom. The summed E-state index contributed by atoms with van der Waals surface area (Å²) in [7, 11) is 1.61.